The second kappa shape index (κ2) is 7.34. The van der Waals surface area contributed by atoms with Crippen LogP contribution in [0.5, 0.6) is 0 Å². The summed E-state index contributed by atoms with van der Waals surface area (Å²) in [6, 6.07) is 1.82. The van der Waals surface area contributed by atoms with E-state index in [0.717, 1.165) is 37.8 Å². The van der Waals surface area contributed by atoms with Crippen LogP contribution >= 0.6 is 0 Å². The first-order valence-electron chi connectivity index (χ1n) is 6.11. The summed E-state index contributed by atoms with van der Waals surface area (Å²) in [5, 5.41) is 3.44. The average Bonchev–Trinajstić information content (AvgIpc) is 2.29. The van der Waals surface area contributed by atoms with Crippen molar-refractivity contribution in [3.05, 3.63) is 29.8 Å². The molecule has 1 unspecified atom stereocenters. The van der Waals surface area contributed by atoms with E-state index in [1.807, 2.05) is 0 Å². The zero-order valence-corrected chi connectivity index (χ0v) is 10.2. The SMILES string of the molecule is CCCCC(NCCC)c1cncc(F)c1. The van der Waals surface area contributed by atoms with Gasteiger partial charge in [-0.2, -0.15) is 0 Å². The van der Waals surface area contributed by atoms with Crippen molar-refractivity contribution in [1.29, 1.82) is 0 Å². The zero-order valence-electron chi connectivity index (χ0n) is 10.2. The third-order valence-corrected chi connectivity index (χ3v) is 2.62. The molecule has 1 aromatic rings. The van der Waals surface area contributed by atoms with Crippen LogP contribution in [0.3, 0.4) is 0 Å². The second-order valence-electron chi connectivity index (χ2n) is 4.09. The predicted octanol–water partition coefficient (Wildman–Crippen LogP) is 3.45. The van der Waals surface area contributed by atoms with Gasteiger partial charge in [0.15, 0.2) is 0 Å². The molecule has 0 saturated carbocycles. The molecule has 0 aliphatic carbocycles. The third kappa shape index (κ3) is 4.27. The lowest BCUT2D eigenvalue weighted by molar-refractivity contribution is 0.477. The first kappa shape index (κ1) is 13.1. The standard InChI is InChI=1S/C13H21FN2/c1-3-5-6-13(16-7-4-2)11-8-12(14)10-15-9-11/h8-10,13,16H,3-7H2,1-2H3. The van der Waals surface area contributed by atoms with Gasteiger partial charge in [0.1, 0.15) is 5.82 Å². The van der Waals surface area contributed by atoms with Crippen LogP contribution in [0.2, 0.25) is 0 Å². The molecule has 0 saturated heterocycles. The molecule has 1 heterocycles. The van der Waals surface area contributed by atoms with E-state index in [4.69, 9.17) is 0 Å². The van der Waals surface area contributed by atoms with E-state index >= 15 is 0 Å². The molecule has 3 heteroatoms. The molecule has 0 spiro atoms. The first-order chi connectivity index (χ1) is 7.77. The maximum atomic E-state index is 13.1. The Morgan fingerprint density at radius 2 is 2.12 bits per heavy atom. The summed E-state index contributed by atoms with van der Waals surface area (Å²) in [5.74, 6) is -0.253. The fraction of sp³-hybridized carbons (Fsp3) is 0.615. The van der Waals surface area contributed by atoms with Gasteiger partial charge in [-0.15, -0.1) is 0 Å². The quantitative estimate of drug-likeness (QED) is 0.767. The van der Waals surface area contributed by atoms with Crippen molar-refractivity contribution in [2.45, 2.75) is 45.6 Å². The highest BCUT2D eigenvalue weighted by molar-refractivity contribution is 5.15. The molecule has 0 aliphatic rings. The minimum atomic E-state index is -0.253. The van der Waals surface area contributed by atoms with Crippen molar-refractivity contribution < 1.29 is 4.39 Å². The molecular formula is C13H21FN2. The van der Waals surface area contributed by atoms with Gasteiger partial charge in [-0.05, 0) is 31.0 Å². The minimum absolute atomic E-state index is 0.239. The van der Waals surface area contributed by atoms with Gasteiger partial charge < -0.3 is 5.32 Å². The molecule has 16 heavy (non-hydrogen) atoms. The van der Waals surface area contributed by atoms with Crippen molar-refractivity contribution in [2.24, 2.45) is 0 Å². The van der Waals surface area contributed by atoms with Crippen LogP contribution in [0.15, 0.2) is 18.5 Å². The number of hydrogen-bond acceptors (Lipinski definition) is 2. The number of aromatic nitrogens is 1. The Morgan fingerprint density at radius 1 is 1.31 bits per heavy atom. The number of halogens is 1. The highest BCUT2D eigenvalue weighted by Crippen LogP contribution is 2.19. The Morgan fingerprint density at radius 3 is 2.75 bits per heavy atom. The number of pyridine rings is 1. The van der Waals surface area contributed by atoms with Gasteiger partial charge in [0.05, 0.1) is 6.20 Å². The summed E-state index contributed by atoms with van der Waals surface area (Å²) >= 11 is 0. The molecule has 0 aliphatic heterocycles. The van der Waals surface area contributed by atoms with Gasteiger partial charge in [0.25, 0.3) is 0 Å². The lowest BCUT2D eigenvalue weighted by Gasteiger charge is -2.18. The molecule has 1 aromatic heterocycles. The van der Waals surface area contributed by atoms with Crippen LogP contribution in [0, 0.1) is 5.82 Å². The maximum absolute atomic E-state index is 13.1. The molecule has 1 N–H and O–H groups in total. The molecule has 0 bridgehead atoms. The van der Waals surface area contributed by atoms with Gasteiger partial charge in [-0.25, -0.2) is 4.39 Å². The normalized spacial score (nSPS) is 12.7. The fourth-order valence-electron chi connectivity index (χ4n) is 1.73. The number of hydrogen-bond donors (Lipinski definition) is 1. The summed E-state index contributed by atoms with van der Waals surface area (Å²) in [5.41, 5.74) is 0.960. The molecule has 0 fully saturated rings. The molecule has 0 aromatic carbocycles. The largest absolute Gasteiger partial charge is 0.310 e. The molecule has 1 rings (SSSR count). The third-order valence-electron chi connectivity index (χ3n) is 2.62. The van der Waals surface area contributed by atoms with E-state index in [0.29, 0.717) is 0 Å². The summed E-state index contributed by atoms with van der Waals surface area (Å²) < 4.78 is 13.1. The summed E-state index contributed by atoms with van der Waals surface area (Å²) in [7, 11) is 0. The smallest absolute Gasteiger partial charge is 0.141 e. The first-order valence-corrected chi connectivity index (χ1v) is 6.11. The number of nitrogens with one attached hydrogen (secondary N) is 1. The molecule has 2 nitrogen and oxygen atoms in total. The van der Waals surface area contributed by atoms with Gasteiger partial charge in [-0.3, -0.25) is 4.98 Å². The zero-order chi connectivity index (χ0) is 11.8. The van der Waals surface area contributed by atoms with E-state index in [2.05, 4.69) is 24.1 Å². The molecule has 0 amide bonds. The Labute approximate surface area is 97.3 Å². The fourth-order valence-corrected chi connectivity index (χ4v) is 1.73. The van der Waals surface area contributed by atoms with Crippen molar-refractivity contribution in [3.63, 3.8) is 0 Å². The number of rotatable bonds is 7. The van der Waals surface area contributed by atoms with E-state index in [9.17, 15) is 4.39 Å². The topological polar surface area (TPSA) is 24.9 Å². The monoisotopic (exact) mass is 224 g/mol. The van der Waals surface area contributed by atoms with Gasteiger partial charge in [-0.1, -0.05) is 26.7 Å². The van der Waals surface area contributed by atoms with E-state index in [1.165, 1.54) is 6.20 Å². The van der Waals surface area contributed by atoms with Crippen molar-refractivity contribution in [2.75, 3.05) is 6.54 Å². The van der Waals surface area contributed by atoms with Crippen molar-refractivity contribution in [1.82, 2.24) is 10.3 Å². The molecular weight excluding hydrogens is 203 g/mol. The Bertz CT molecular complexity index is 294. The summed E-state index contributed by atoms with van der Waals surface area (Å²) in [6.07, 6.45) is 7.45. The summed E-state index contributed by atoms with van der Waals surface area (Å²) in [6.45, 7) is 5.26. The Balaban J connectivity index is 2.66. The van der Waals surface area contributed by atoms with Crippen molar-refractivity contribution in [3.8, 4) is 0 Å². The van der Waals surface area contributed by atoms with Gasteiger partial charge in [0.2, 0.25) is 0 Å². The molecule has 90 valence electrons. The highest BCUT2D eigenvalue weighted by atomic mass is 19.1. The lowest BCUT2D eigenvalue weighted by atomic mass is 10.0. The average molecular weight is 224 g/mol. The van der Waals surface area contributed by atoms with Crippen LogP contribution in [0.1, 0.15) is 51.1 Å². The van der Waals surface area contributed by atoms with E-state index in [1.54, 1.807) is 12.3 Å². The number of unbranched alkanes of at least 4 members (excludes halogenated alkanes) is 1. The van der Waals surface area contributed by atoms with Crippen molar-refractivity contribution >= 4 is 0 Å². The van der Waals surface area contributed by atoms with Gasteiger partial charge in [0, 0.05) is 12.2 Å². The maximum Gasteiger partial charge on any atom is 0.141 e. The van der Waals surface area contributed by atoms with Crippen LogP contribution < -0.4 is 5.32 Å². The molecule has 0 radical (unpaired) electrons. The lowest BCUT2D eigenvalue weighted by Crippen LogP contribution is -2.22. The van der Waals surface area contributed by atoms with Crippen LogP contribution in [-0.2, 0) is 0 Å². The Kier molecular flexibility index (Phi) is 6.01. The van der Waals surface area contributed by atoms with Crippen LogP contribution in [0.4, 0.5) is 4.39 Å². The van der Waals surface area contributed by atoms with Crippen LogP contribution in [-0.4, -0.2) is 11.5 Å². The predicted molar refractivity (Wildman–Crippen MR) is 64.8 cm³/mol. The molecule has 1 atom stereocenters. The second-order valence-corrected chi connectivity index (χ2v) is 4.09. The minimum Gasteiger partial charge on any atom is -0.310 e. The summed E-state index contributed by atoms with van der Waals surface area (Å²) in [4.78, 5) is 3.91. The van der Waals surface area contributed by atoms with Gasteiger partial charge >= 0.3 is 0 Å². The van der Waals surface area contributed by atoms with E-state index < -0.39 is 0 Å². The number of nitrogens with zero attached hydrogens (tertiary/aromatic N) is 1. The van der Waals surface area contributed by atoms with Crippen LogP contribution in [0.25, 0.3) is 0 Å². The van der Waals surface area contributed by atoms with E-state index in [-0.39, 0.29) is 11.9 Å². The highest BCUT2D eigenvalue weighted by Gasteiger charge is 2.10. The Hall–Kier alpha value is -0.960.